The molecule has 0 saturated heterocycles. The van der Waals surface area contributed by atoms with Gasteiger partial charge in [0, 0.05) is 18.7 Å². The summed E-state index contributed by atoms with van der Waals surface area (Å²) in [5.41, 5.74) is 0.474. The molecule has 1 aromatic carbocycles. The van der Waals surface area contributed by atoms with Crippen molar-refractivity contribution in [1.82, 2.24) is 0 Å². The van der Waals surface area contributed by atoms with Gasteiger partial charge in [-0.25, -0.2) is 8.78 Å². The van der Waals surface area contributed by atoms with Gasteiger partial charge in [0.1, 0.15) is 5.75 Å². The van der Waals surface area contributed by atoms with Crippen molar-refractivity contribution in [1.29, 1.82) is 0 Å². The number of benzene rings is 1. The largest absolute Gasteiger partial charge is 0.496 e. The number of methoxy groups -OCH3 is 1. The Bertz CT molecular complexity index is 366. The summed E-state index contributed by atoms with van der Waals surface area (Å²) in [6, 6.07) is 4.95. The molecule has 0 radical (unpaired) electrons. The molecule has 0 bridgehead atoms. The van der Waals surface area contributed by atoms with E-state index in [0.717, 1.165) is 0 Å². The van der Waals surface area contributed by atoms with E-state index in [4.69, 9.17) is 4.74 Å². The topological polar surface area (TPSA) is 21.3 Å². The fourth-order valence-corrected chi connectivity index (χ4v) is 1.88. The van der Waals surface area contributed by atoms with Crippen LogP contribution in [-0.2, 0) is 5.92 Å². The van der Waals surface area contributed by atoms with Crippen molar-refractivity contribution in [3.8, 4) is 5.75 Å². The Hall–Kier alpha value is -1.32. The van der Waals surface area contributed by atoms with Crippen molar-refractivity contribution in [3.05, 3.63) is 23.8 Å². The number of ether oxygens (including phenoxy) is 1. The first-order valence-corrected chi connectivity index (χ1v) is 4.94. The molecule has 1 aromatic rings. The van der Waals surface area contributed by atoms with E-state index >= 15 is 0 Å². The molecule has 2 nitrogen and oxygen atoms in total. The molecular formula is C11H13F2NO. The molecule has 1 N–H and O–H groups in total. The molecule has 15 heavy (non-hydrogen) atoms. The maximum Gasteiger partial charge on any atom is 0.278 e. The predicted octanol–water partition coefficient (Wildman–Crippen LogP) is 2.99. The van der Waals surface area contributed by atoms with Crippen LogP contribution in [0.3, 0.4) is 0 Å². The number of hydrogen-bond donors (Lipinski definition) is 1. The molecule has 0 unspecified atom stereocenters. The summed E-state index contributed by atoms with van der Waals surface area (Å²) < 4.78 is 32.6. The van der Waals surface area contributed by atoms with E-state index < -0.39 is 5.92 Å². The number of alkyl halides is 2. The lowest BCUT2D eigenvalue weighted by Gasteiger charge is -2.19. The summed E-state index contributed by atoms with van der Waals surface area (Å²) in [6.45, 7) is 0.579. The summed E-state index contributed by atoms with van der Waals surface area (Å²) in [5.74, 6) is -2.54. The fourth-order valence-electron chi connectivity index (χ4n) is 1.88. The Morgan fingerprint density at radius 2 is 2.20 bits per heavy atom. The van der Waals surface area contributed by atoms with Crippen molar-refractivity contribution in [2.45, 2.75) is 18.8 Å². The third kappa shape index (κ3) is 1.76. The number of nitrogens with one attached hydrogen (secondary N) is 1. The molecule has 0 aliphatic carbocycles. The average molecular weight is 213 g/mol. The SMILES string of the molecule is COc1cccc2c1C(F)(F)CCCN2. The summed E-state index contributed by atoms with van der Waals surface area (Å²) in [5, 5.41) is 3.00. The molecule has 0 atom stereocenters. The zero-order valence-corrected chi connectivity index (χ0v) is 8.52. The van der Waals surface area contributed by atoms with Crippen LogP contribution in [0, 0.1) is 0 Å². The van der Waals surface area contributed by atoms with Gasteiger partial charge in [-0.05, 0) is 18.6 Å². The van der Waals surface area contributed by atoms with E-state index in [1.807, 2.05) is 0 Å². The van der Waals surface area contributed by atoms with E-state index in [9.17, 15) is 8.78 Å². The second-order valence-electron chi connectivity index (χ2n) is 3.62. The Balaban J connectivity index is 2.57. The molecule has 0 spiro atoms. The minimum absolute atomic E-state index is 0.00926. The van der Waals surface area contributed by atoms with Crippen LogP contribution in [-0.4, -0.2) is 13.7 Å². The van der Waals surface area contributed by atoms with Gasteiger partial charge in [0.05, 0.1) is 12.7 Å². The molecule has 0 saturated carbocycles. The van der Waals surface area contributed by atoms with Gasteiger partial charge in [0.2, 0.25) is 0 Å². The van der Waals surface area contributed by atoms with Crippen LogP contribution >= 0.6 is 0 Å². The smallest absolute Gasteiger partial charge is 0.278 e. The summed E-state index contributed by atoms with van der Waals surface area (Å²) in [6.07, 6.45) is 0.332. The Kier molecular flexibility index (Phi) is 2.50. The molecular weight excluding hydrogens is 200 g/mol. The summed E-state index contributed by atoms with van der Waals surface area (Å²) in [4.78, 5) is 0. The molecule has 1 aliphatic rings. The third-order valence-corrected chi connectivity index (χ3v) is 2.59. The Morgan fingerprint density at radius 3 is 2.93 bits per heavy atom. The van der Waals surface area contributed by atoms with E-state index in [-0.39, 0.29) is 17.7 Å². The van der Waals surface area contributed by atoms with Crippen LogP contribution in [0.25, 0.3) is 0 Å². The number of fused-ring (bicyclic) bond motifs is 1. The van der Waals surface area contributed by atoms with Crippen molar-refractivity contribution in [2.75, 3.05) is 19.0 Å². The zero-order valence-electron chi connectivity index (χ0n) is 8.52. The monoisotopic (exact) mass is 213 g/mol. The number of halogens is 2. The van der Waals surface area contributed by atoms with Crippen molar-refractivity contribution < 1.29 is 13.5 Å². The van der Waals surface area contributed by atoms with E-state index in [2.05, 4.69) is 5.32 Å². The van der Waals surface area contributed by atoms with Gasteiger partial charge in [-0.15, -0.1) is 0 Å². The molecule has 2 rings (SSSR count). The molecule has 0 amide bonds. The highest BCUT2D eigenvalue weighted by Gasteiger charge is 2.38. The van der Waals surface area contributed by atoms with Crippen LogP contribution < -0.4 is 10.1 Å². The lowest BCUT2D eigenvalue weighted by Crippen LogP contribution is -2.14. The summed E-state index contributed by atoms with van der Waals surface area (Å²) in [7, 11) is 1.41. The van der Waals surface area contributed by atoms with Crippen LogP contribution in [0.5, 0.6) is 5.75 Å². The summed E-state index contributed by atoms with van der Waals surface area (Å²) >= 11 is 0. The van der Waals surface area contributed by atoms with Gasteiger partial charge in [0.15, 0.2) is 0 Å². The first-order chi connectivity index (χ1) is 7.15. The van der Waals surface area contributed by atoms with Crippen molar-refractivity contribution in [3.63, 3.8) is 0 Å². The van der Waals surface area contributed by atoms with Gasteiger partial charge >= 0.3 is 0 Å². The standard InChI is InChI=1S/C11H13F2NO/c1-15-9-5-2-4-8-10(9)11(12,13)6-3-7-14-8/h2,4-5,14H,3,6-7H2,1H3. The lowest BCUT2D eigenvalue weighted by atomic mass is 10.0. The number of hydrogen-bond acceptors (Lipinski definition) is 2. The molecule has 82 valence electrons. The second-order valence-corrected chi connectivity index (χ2v) is 3.62. The van der Waals surface area contributed by atoms with Crippen LogP contribution in [0.15, 0.2) is 18.2 Å². The Labute approximate surface area is 87.2 Å². The molecule has 1 heterocycles. The van der Waals surface area contributed by atoms with Gasteiger partial charge < -0.3 is 10.1 Å². The van der Waals surface area contributed by atoms with Gasteiger partial charge in [0.25, 0.3) is 5.92 Å². The third-order valence-electron chi connectivity index (χ3n) is 2.59. The quantitative estimate of drug-likeness (QED) is 0.774. The minimum atomic E-state index is -2.80. The van der Waals surface area contributed by atoms with E-state index in [0.29, 0.717) is 18.7 Å². The number of anilines is 1. The fraction of sp³-hybridized carbons (Fsp3) is 0.455. The maximum atomic E-state index is 13.8. The maximum absolute atomic E-state index is 13.8. The molecule has 0 fully saturated rings. The minimum Gasteiger partial charge on any atom is -0.496 e. The number of rotatable bonds is 1. The second kappa shape index (κ2) is 3.68. The average Bonchev–Trinajstić information content (AvgIpc) is 2.37. The highest BCUT2D eigenvalue weighted by Crippen LogP contribution is 2.44. The predicted molar refractivity (Wildman–Crippen MR) is 54.6 cm³/mol. The van der Waals surface area contributed by atoms with Gasteiger partial charge in [-0.1, -0.05) is 6.07 Å². The van der Waals surface area contributed by atoms with Crippen LogP contribution in [0.4, 0.5) is 14.5 Å². The zero-order chi connectivity index (χ0) is 10.9. The van der Waals surface area contributed by atoms with E-state index in [1.165, 1.54) is 7.11 Å². The van der Waals surface area contributed by atoms with Gasteiger partial charge in [-0.3, -0.25) is 0 Å². The van der Waals surface area contributed by atoms with Crippen molar-refractivity contribution >= 4 is 5.69 Å². The normalized spacial score (nSPS) is 18.6. The molecule has 1 aliphatic heterocycles. The molecule has 0 aromatic heterocycles. The van der Waals surface area contributed by atoms with Crippen LogP contribution in [0.1, 0.15) is 18.4 Å². The highest BCUT2D eigenvalue weighted by atomic mass is 19.3. The Morgan fingerprint density at radius 1 is 1.40 bits per heavy atom. The van der Waals surface area contributed by atoms with Gasteiger partial charge in [-0.2, -0.15) is 0 Å². The first kappa shape index (κ1) is 10.2. The van der Waals surface area contributed by atoms with Crippen molar-refractivity contribution in [2.24, 2.45) is 0 Å². The van der Waals surface area contributed by atoms with E-state index in [1.54, 1.807) is 18.2 Å². The highest BCUT2D eigenvalue weighted by molar-refractivity contribution is 5.60. The first-order valence-electron chi connectivity index (χ1n) is 4.94. The lowest BCUT2D eigenvalue weighted by molar-refractivity contribution is -0.0140. The van der Waals surface area contributed by atoms with Crippen LogP contribution in [0.2, 0.25) is 0 Å². The molecule has 4 heteroatoms.